The maximum Gasteiger partial charge on any atom is 0.151 e. The highest BCUT2D eigenvalue weighted by atomic mass is 32.2. The maximum atomic E-state index is 11.5. The SMILES string of the molecule is Nc1ccc(N2CCN(C3CCS(=O)(=O)C3)CC2)cn1. The van der Waals surface area contributed by atoms with Gasteiger partial charge in [0.15, 0.2) is 9.84 Å². The highest BCUT2D eigenvalue weighted by Crippen LogP contribution is 2.21. The van der Waals surface area contributed by atoms with Crippen LogP contribution < -0.4 is 10.6 Å². The second kappa shape index (κ2) is 5.21. The predicted molar refractivity (Wildman–Crippen MR) is 79.5 cm³/mol. The van der Waals surface area contributed by atoms with E-state index in [1.807, 2.05) is 12.1 Å². The number of anilines is 2. The van der Waals surface area contributed by atoms with Crippen molar-refractivity contribution in [2.24, 2.45) is 0 Å². The van der Waals surface area contributed by atoms with E-state index in [9.17, 15) is 8.42 Å². The monoisotopic (exact) mass is 296 g/mol. The maximum absolute atomic E-state index is 11.5. The molecule has 0 saturated carbocycles. The molecule has 0 bridgehead atoms. The van der Waals surface area contributed by atoms with Crippen LogP contribution in [0.5, 0.6) is 0 Å². The van der Waals surface area contributed by atoms with Crippen LogP contribution in [-0.4, -0.2) is 62.0 Å². The molecule has 7 heteroatoms. The van der Waals surface area contributed by atoms with Crippen LogP contribution in [0.25, 0.3) is 0 Å². The summed E-state index contributed by atoms with van der Waals surface area (Å²) < 4.78 is 23.1. The number of hydrogen-bond acceptors (Lipinski definition) is 6. The third kappa shape index (κ3) is 2.88. The van der Waals surface area contributed by atoms with Crippen LogP contribution in [0.15, 0.2) is 18.3 Å². The molecule has 0 spiro atoms. The van der Waals surface area contributed by atoms with Crippen molar-refractivity contribution in [2.75, 3.05) is 48.3 Å². The molecule has 0 radical (unpaired) electrons. The third-order valence-corrected chi connectivity index (χ3v) is 5.93. The van der Waals surface area contributed by atoms with Gasteiger partial charge in [0.05, 0.1) is 23.4 Å². The lowest BCUT2D eigenvalue weighted by molar-refractivity contribution is 0.200. The lowest BCUT2D eigenvalue weighted by Gasteiger charge is -2.38. The first kappa shape index (κ1) is 13.6. The van der Waals surface area contributed by atoms with E-state index < -0.39 is 9.84 Å². The van der Waals surface area contributed by atoms with Gasteiger partial charge in [-0.1, -0.05) is 0 Å². The Morgan fingerprint density at radius 3 is 2.50 bits per heavy atom. The number of rotatable bonds is 2. The van der Waals surface area contributed by atoms with Crippen LogP contribution in [0, 0.1) is 0 Å². The van der Waals surface area contributed by atoms with Gasteiger partial charge in [0.25, 0.3) is 0 Å². The highest BCUT2D eigenvalue weighted by Gasteiger charge is 2.33. The molecule has 110 valence electrons. The molecule has 2 aliphatic heterocycles. The van der Waals surface area contributed by atoms with Gasteiger partial charge in [0.2, 0.25) is 0 Å². The van der Waals surface area contributed by atoms with Crippen LogP contribution in [-0.2, 0) is 9.84 Å². The van der Waals surface area contributed by atoms with E-state index in [4.69, 9.17) is 5.73 Å². The fourth-order valence-electron chi connectivity index (χ4n) is 2.99. The van der Waals surface area contributed by atoms with Gasteiger partial charge in [-0.25, -0.2) is 13.4 Å². The number of nitrogens with two attached hydrogens (primary N) is 1. The highest BCUT2D eigenvalue weighted by molar-refractivity contribution is 7.91. The molecule has 0 aliphatic carbocycles. The van der Waals surface area contributed by atoms with E-state index in [1.165, 1.54) is 0 Å². The minimum absolute atomic E-state index is 0.215. The van der Waals surface area contributed by atoms with Gasteiger partial charge in [0.1, 0.15) is 5.82 Å². The minimum Gasteiger partial charge on any atom is -0.384 e. The minimum atomic E-state index is -2.79. The second-order valence-electron chi connectivity index (χ2n) is 5.52. The molecule has 1 unspecified atom stereocenters. The molecule has 0 amide bonds. The number of sulfone groups is 1. The van der Waals surface area contributed by atoms with Gasteiger partial charge in [-0.05, 0) is 18.6 Å². The van der Waals surface area contributed by atoms with Gasteiger partial charge >= 0.3 is 0 Å². The van der Waals surface area contributed by atoms with Crippen molar-refractivity contribution in [1.82, 2.24) is 9.88 Å². The molecule has 3 heterocycles. The molecule has 1 aromatic heterocycles. The average Bonchev–Trinajstić information content (AvgIpc) is 2.80. The fraction of sp³-hybridized carbons (Fsp3) is 0.615. The Kier molecular flexibility index (Phi) is 3.55. The summed E-state index contributed by atoms with van der Waals surface area (Å²) >= 11 is 0. The number of aromatic nitrogens is 1. The predicted octanol–water partition coefficient (Wildman–Crippen LogP) is -0.0271. The lowest BCUT2D eigenvalue weighted by Crippen LogP contribution is -2.50. The molecule has 0 aromatic carbocycles. The van der Waals surface area contributed by atoms with E-state index in [-0.39, 0.29) is 6.04 Å². The quantitative estimate of drug-likeness (QED) is 0.826. The Bertz CT molecular complexity index is 565. The van der Waals surface area contributed by atoms with E-state index in [2.05, 4.69) is 14.8 Å². The Balaban J connectivity index is 1.58. The summed E-state index contributed by atoms with van der Waals surface area (Å²) in [6, 6.07) is 4.01. The topological polar surface area (TPSA) is 79.5 Å². The van der Waals surface area contributed by atoms with Crippen LogP contribution in [0.4, 0.5) is 11.5 Å². The van der Waals surface area contributed by atoms with E-state index >= 15 is 0 Å². The van der Waals surface area contributed by atoms with E-state index in [1.54, 1.807) is 6.20 Å². The molecule has 3 rings (SSSR count). The molecule has 1 aromatic rings. The second-order valence-corrected chi connectivity index (χ2v) is 7.75. The largest absolute Gasteiger partial charge is 0.384 e. The Hall–Kier alpha value is -1.34. The fourth-order valence-corrected chi connectivity index (χ4v) is 4.75. The van der Waals surface area contributed by atoms with Crippen molar-refractivity contribution in [3.63, 3.8) is 0 Å². The first-order valence-corrected chi connectivity index (χ1v) is 8.77. The zero-order chi connectivity index (χ0) is 14.2. The van der Waals surface area contributed by atoms with Gasteiger partial charge in [-0.2, -0.15) is 0 Å². The molecular weight excluding hydrogens is 276 g/mol. The zero-order valence-corrected chi connectivity index (χ0v) is 12.2. The molecule has 6 nitrogen and oxygen atoms in total. The van der Waals surface area contributed by atoms with Crippen LogP contribution in [0.2, 0.25) is 0 Å². The van der Waals surface area contributed by atoms with Crippen LogP contribution in [0.3, 0.4) is 0 Å². The average molecular weight is 296 g/mol. The zero-order valence-electron chi connectivity index (χ0n) is 11.4. The molecule has 2 aliphatic rings. The summed E-state index contributed by atoms with van der Waals surface area (Å²) in [6.07, 6.45) is 2.58. The molecule has 2 fully saturated rings. The summed E-state index contributed by atoms with van der Waals surface area (Å²) in [5.74, 6) is 1.21. The standard InChI is InChI=1S/C13H20N4O2S/c14-13-2-1-11(9-15-13)16-4-6-17(7-5-16)12-3-8-20(18,19)10-12/h1-2,9,12H,3-8,10H2,(H2,14,15). The first-order valence-electron chi connectivity index (χ1n) is 6.94. The van der Waals surface area contributed by atoms with Gasteiger partial charge < -0.3 is 10.6 Å². The van der Waals surface area contributed by atoms with Gasteiger partial charge in [0, 0.05) is 32.2 Å². The normalized spacial score (nSPS) is 26.8. The molecule has 1 atom stereocenters. The molecule has 20 heavy (non-hydrogen) atoms. The van der Waals surface area contributed by atoms with E-state index in [0.29, 0.717) is 17.3 Å². The van der Waals surface area contributed by atoms with Crippen molar-refractivity contribution in [3.05, 3.63) is 18.3 Å². The number of pyridine rings is 1. The smallest absolute Gasteiger partial charge is 0.151 e. The van der Waals surface area contributed by atoms with Crippen molar-refractivity contribution < 1.29 is 8.42 Å². The number of nitrogen functional groups attached to an aromatic ring is 1. The molecular formula is C13H20N4O2S. The van der Waals surface area contributed by atoms with Gasteiger partial charge in [-0.3, -0.25) is 4.90 Å². The molecule has 2 N–H and O–H groups in total. The molecule has 2 saturated heterocycles. The number of nitrogens with zero attached hydrogens (tertiary/aromatic N) is 3. The Morgan fingerprint density at radius 1 is 1.20 bits per heavy atom. The van der Waals surface area contributed by atoms with Gasteiger partial charge in [-0.15, -0.1) is 0 Å². The van der Waals surface area contributed by atoms with Crippen molar-refractivity contribution in [3.8, 4) is 0 Å². The summed E-state index contributed by atoms with van der Waals surface area (Å²) in [6.45, 7) is 3.62. The third-order valence-electron chi connectivity index (χ3n) is 4.17. The number of piperazine rings is 1. The summed E-state index contributed by atoms with van der Waals surface area (Å²) in [4.78, 5) is 8.69. The van der Waals surface area contributed by atoms with E-state index in [0.717, 1.165) is 38.3 Å². The van der Waals surface area contributed by atoms with Crippen molar-refractivity contribution in [2.45, 2.75) is 12.5 Å². The summed E-state index contributed by atoms with van der Waals surface area (Å²) in [7, 11) is -2.79. The van der Waals surface area contributed by atoms with Crippen LogP contribution in [0.1, 0.15) is 6.42 Å². The number of hydrogen-bond donors (Lipinski definition) is 1. The Morgan fingerprint density at radius 2 is 1.95 bits per heavy atom. The van der Waals surface area contributed by atoms with Crippen molar-refractivity contribution >= 4 is 21.3 Å². The lowest BCUT2D eigenvalue weighted by atomic mass is 10.2. The first-order chi connectivity index (χ1) is 9.53. The summed E-state index contributed by atoms with van der Waals surface area (Å²) in [5.41, 5.74) is 6.67. The van der Waals surface area contributed by atoms with Crippen molar-refractivity contribution in [1.29, 1.82) is 0 Å². The van der Waals surface area contributed by atoms with Crippen LogP contribution >= 0.6 is 0 Å². The Labute approximate surface area is 119 Å². The summed E-state index contributed by atoms with van der Waals surface area (Å²) in [5, 5.41) is 0.